The lowest BCUT2D eigenvalue weighted by atomic mass is 10.0. The van der Waals surface area contributed by atoms with E-state index in [-0.39, 0.29) is 11.7 Å². The summed E-state index contributed by atoms with van der Waals surface area (Å²) in [6, 6.07) is 13.9. The number of hydrogen-bond donors (Lipinski definition) is 1. The highest BCUT2D eigenvalue weighted by Crippen LogP contribution is 2.19. The molecule has 1 aliphatic rings. The van der Waals surface area contributed by atoms with Crippen molar-refractivity contribution in [2.75, 3.05) is 25.5 Å². The van der Waals surface area contributed by atoms with E-state index >= 15 is 0 Å². The van der Waals surface area contributed by atoms with E-state index in [9.17, 15) is 9.18 Å². The Balaban J connectivity index is 1.54. The SMILES string of the molecule is COc1ccc(C(=O)N2CCC(Nc3ccc(F)cc3)CC2)cc1. The number of benzene rings is 2. The molecule has 1 fully saturated rings. The van der Waals surface area contributed by atoms with Crippen LogP contribution >= 0.6 is 0 Å². The van der Waals surface area contributed by atoms with Crippen molar-refractivity contribution < 1.29 is 13.9 Å². The molecule has 0 saturated carbocycles. The fourth-order valence-corrected chi connectivity index (χ4v) is 2.92. The minimum absolute atomic E-state index is 0.0536. The van der Waals surface area contributed by atoms with E-state index in [0.717, 1.165) is 24.3 Å². The molecule has 3 rings (SSSR count). The zero-order chi connectivity index (χ0) is 16.9. The topological polar surface area (TPSA) is 41.6 Å². The molecule has 5 heteroatoms. The Bertz CT molecular complexity index is 678. The van der Waals surface area contributed by atoms with E-state index < -0.39 is 0 Å². The van der Waals surface area contributed by atoms with E-state index in [1.165, 1.54) is 12.1 Å². The average Bonchev–Trinajstić information content (AvgIpc) is 2.64. The van der Waals surface area contributed by atoms with E-state index in [0.29, 0.717) is 24.7 Å². The Morgan fingerprint density at radius 3 is 2.29 bits per heavy atom. The molecule has 126 valence electrons. The number of nitrogens with zero attached hydrogens (tertiary/aromatic N) is 1. The lowest BCUT2D eigenvalue weighted by molar-refractivity contribution is 0.0718. The van der Waals surface area contributed by atoms with Gasteiger partial charge in [0.05, 0.1) is 7.11 Å². The van der Waals surface area contributed by atoms with E-state index in [4.69, 9.17) is 4.74 Å². The first kappa shape index (κ1) is 16.3. The van der Waals surface area contributed by atoms with Crippen LogP contribution in [0, 0.1) is 5.82 Å². The molecule has 0 radical (unpaired) electrons. The second kappa shape index (κ2) is 7.34. The number of methoxy groups -OCH3 is 1. The summed E-state index contributed by atoms with van der Waals surface area (Å²) in [7, 11) is 1.61. The molecular formula is C19H21FN2O2. The molecule has 0 unspecified atom stereocenters. The molecule has 0 aliphatic carbocycles. The number of rotatable bonds is 4. The Hall–Kier alpha value is -2.56. The number of nitrogens with one attached hydrogen (secondary N) is 1. The zero-order valence-electron chi connectivity index (χ0n) is 13.7. The molecular weight excluding hydrogens is 307 g/mol. The molecule has 1 saturated heterocycles. The van der Waals surface area contributed by atoms with Crippen molar-refractivity contribution in [3.05, 3.63) is 59.9 Å². The molecule has 0 bridgehead atoms. The maximum atomic E-state index is 12.9. The van der Waals surface area contributed by atoms with Crippen molar-refractivity contribution in [3.63, 3.8) is 0 Å². The lowest BCUT2D eigenvalue weighted by Crippen LogP contribution is -2.42. The average molecular weight is 328 g/mol. The summed E-state index contributed by atoms with van der Waals surface area (Å²) in [5.74, 6) is 0.562. The van der Waals surface area contributed by atoms with Gasteiger partial charge < -0.3 is 15.0 Å². The highest BCUT2D eigenvalue weighted by atomic mass is 19.1. The third-order valence-corrected chi connectivity index (χ3v) is 4.33. The molecule has 2 aromatic rings. The minimum atomic E-state index is -0.236. The number of ether oxygens (including phenoxy) is 1. The Kier molecular flexibility index (Phi) is 4.99. The summed E-state index contributed by atoms with van der Waals surface area (Å²) in [5, 5.41) is 3.40. The van der Waals surface area contributed by atoms with Crippen molar-refractivity contribution in [1.82, 2.24) is 4.90 Å². The van der Waals surface area contributed by atoms with E-state index in [1.807, 2.05) is 4.90 Å². The fourth-order valence-electron chi connectivity index (χ4n) is 2.92. The first-order valence-corrected chi connectivity index (χ1v) is 8.11. The van der Waals surface area contributed by atoms with Crippen molar-refractivity contribution in [2.24, 2.45) is 0 Å². The summed E-state index contributed by atoms with van der Waals surface area (Å²) in [6.45, 7) is 1.42. The Labute approximate surface area is 141 Å². The number of amides is 1. The van der Waals surface area contributed by atoms with Crippen LogP contribution in [0.2, 0.25) is 0 Å². The Morgan fingerprint density at radius 1 is 1.08 bits per heavy atom. The van der Waals surface area contributed by atoms with Gasteiger partial charge in [0.15, 0.2) is 0 Å². The predicted octanol–water partition coefficient (Wildman–Crippen LogP) is 3.55. The smallest absolute Gasteiger partial charge is 0.253 e. The standard InChI is InChI=1S/C19H21FN2O2/c1-24-18-8-2-14(3-9-18)19(23)22-12-10-17(11-13-22)21-16-6-4-15(20)5-7-16/h2-9,17,21H,10-13H2,1H3. The first-order chi connectivity index (χ1) is 11.7. The Morgan fingerprint density at radius 2 is 1.71 bits per heavy atom. The van der Waals surface area contributed by atoms with Crippen LogP contribution in [0.15, 0.2) is 48.5 Å². The normalized spacial score (nSPS) is 15.2. The van der Waals surface area contributed by atoms with Crippen molar-refractivity contribution in [1.29, 1.82) is 0 Å². The van der Waals surface area contributed by atoms with Gasteiger partial charge in [-0.05, 0) is 61.4 Å². The fraction of sp³-hybridized carbons (Fsp3) is 0.316. The summed E-state index contributed by atoms with van der Waals surface area (Å²) >= 11 is 0. The highest BCUT2D eigenvalue weighted by Gasteiger charge is 2.23. The maximum absolute atomic E-state index is 12.9. The van der Waals surface area contributed by atoms with Crippen LogP contribution in [0.3, 0.4) is 0 Å². The van der Waals surface area contributed by atoms with Crippen LogP contribution < -0.4 is 10.1 Å². The van der Waals surface area contributed by atoms with Gasteiger partial charge >= 0.3 is 0 Å². The second-order valence-electron chi connectivity index (χ2n) is 5.95. The van der Waals surface area contributed by atoms with Crippen molar-refractivity contribution in [3.8, 4) is 5.75 Å². The zero-order valence-corrected chi connectivity index (χ0v) is 13.7. The quantitative estimate of drug-likeness (QED) is 0.933. The molecule has 24 heavy (non-hydrogen) atoms. The number of halogens is 1. The monoisotopic (exact) mass is 328 g/mol. The van der Waals surface area contributed by atoms with Gasteiger partial charge in [-0.2, -0.15) is 0 Å². The summed E-state index contributed by atoms with van der Waals surface area (Å²) < 4.78 is 18.1. The number of hydrogen-bond acceptors (Lipinski definition) is 3. The molecule has 1 heterocycles. The van der Waals surface area contributed by atoms with Crippen molar-refractivity contribution in [2.45, 2.75) is 18.9 Å². The van der Waals surface area contributed by atoms with Crippen LogP contribution in [-0.2, 0) is 0 Å². The van der Waals surface area contributed by atoms with Gasteiger partial charge in [-0.15, -0.1) is 0 Å². The minimum Gasteiger partial charge on any atom is -0.497 e. The van der Waals surface area contributed by atoms with Crippen LogP contribution in [-0.4, -0.2) is 37.0 Å². The van der Waals surface area contributed by atoms with Gasteiger partial charge in [0, 0.05) is 30.4 Å². The predicted molar refractivity (Wildman–Crippen MR) is 91.9 cm³/mol. The van der Waals surface area contributed by atoms with Gasteiger partial charge in [0.2, 0.25) is 0 Å². The van der Waals surface area contributed by atoms with Crippen molar-refractivity contribution >= 4 is 11.6 Å². The van der Waals surface area contributed by atoms with Gasteiger partial charge in [-0.3, -0.25) is 4.79 Å². The van der Waals surface area contributed by atoms with E-state index in [1.54, 1.807) is 43.5 Å². The third kappa shape index (κ3) is 3.85. The molecule has 1 amide bonds. The summed E-state index contributed by atoms with van der Waals surface area (Å²) in [5.41, 5.74) is 1.59. The first-order valence-electron chi connectivity index (χ1n) is 8.11. The van der Waals surface area contributed by atoms with Crippen LogP contribution in [0.25, 0.3) is 0 Å². The van der Waals surface area contributed by atoms with Crippen LogP contribution in [0.1, 0.15) is 23.2 Å². The number of likely N-dealkylation sites (tertiary alicyclic amines) is 1. The molecule has 1 aliphatic heterocycles. The second-order valence-corrected chi connectivity index (χ2v) is 5.95. The molecule has 0 spiro atoms. The number of carbonyl (C=O) groups is 1. The van der Waals surface area contributed by atoms with Crippen LogP contribution in [0.5, 0.6) is 5.75 Å². The maximum Gasteiger partial charge on any atom is 0.253 e. The summed E-state index contributed by atoms with van der Waals surface area (Å²) in [4.78, 5) is 14.4. The van der Waals surface area contributed by atoms with Gasteiger partial charge in [0.1, 0.15) is 11.6 Å². The molecule has 4 nitrogen and oxygen atoms in total. The molecule has 0 aromatic heterocycles. The van der Waals surface area contributed by atoms with E-state index in [2.05, 4.69) is 5.32 Å². The molecule has 0 atom stereocenters. The van der Waals surface area contributed by atoms with Gasteiger partial charge in [-0.1, -0.05) is 0 Å². The van der Waals surface area contributed by atoms with Gasteiger partial charge in [0.25, 0.3) is 5.91 Å². The number of anilines is 1. The largest absolute Gasteiger partial charge is 0.497 e. The lowest BCUT2D eigenvalue weighted by Gasteiger charge is -2.33. The number of carbonyl (C=O) groups excluding carboxylic acids is 1. The van der Waals surface area contributed by atoms with Crippen LogP contribution in [0.4, 0.5) is 10.1 Å². The third-order valence-electron chi connectivity index (χ3n) is 4.33. The summed E-state index contributed by atoms with van der Waals surface area (Å²) in [6.07, 6.45) is 1.75. The highest BCUT2D eigenvalue weighted by molar-refractivity contribution is 5.94. The molecule has 2 aromatic carbocycles. The number of piperidine rings is 1. The van der Waals surface area contributed by atoms with Gasteiger partial charge in [-0.25, -0.2) is 4.39 Å². The molecule has 1 N–H and O–H groups in total.